The first-order valence-electron chi connectivity index (χ1n) is 11.7. The molecule has 182 valence electrons. The second-order valence-electron chi connectivity index (χ2n) is 10.4. The Hall–Kier alpha value is -2.12. The van der Waals surface area contributed by atoms with Crippen molar-refractivity contribution < 1.29 is 19.5 Å². The van der Waals surface area contributed by atoms with E-state index in [4.69, 9.17) is 11.6 Å². The summed E-state index contributed by atoms with van der Waals surface area (Å²) in [6.45, 7) is 11.0. The number of benzene rings is 1. The van der Waals surface area contributed by atoms with Crippen molar-refractivity contribution in [1.82, 2.24) is 15.1 Å². The molecule has 2 aliphatic rings. The highest BCUT2D eigenvalue weighted by atomic mass is 35.5. The molecule has 0 saturated carbocycles. The van der Waals surface area contributed by atoms with Crippen LogP contribution in [0, 0.1) is 17.3 Å². The van der Waals surface area contributed by atoms with Gasteiger partial charge in [-0.15, -0.1) is 0 Å². The number of piperidine rings is 1. The number of halogens is 1. The molecule has 3 atom stereocenters. The van der Waals surface area contributed by atoms with Crippen molar-refractivity contribution in [2.24, 2.45) is 17.3 Å². The van der Waals surface area contributed by atoms with Gasteiger partial charge in [0.15, 0.2) is 0 Å². The first kappa shape index (κ1) is 25.5. The van der Waals surface area contributed by atoms with Crippen LogP contribution < -0.4 is 5.32 Å². The minimum Gasteiger partial charge on any atom is -0.384 e. The van der Waals surface area contributed by atoms with Gasteiger partial charge in [-0.3, -0.25) is 14.4 Å². The molecule has 2 aliphatic heterocycles. The summed E-state index contributed by atoms with van der Waals surface area (Å²) in [5.41, 5.74) is -0.910. The molecule has 2 fully saturated rings. The highest BCUT2D eigenvalue weighted by molar-refractivity contribution is 6.30. The van der Waals surface area contributed by atoms with E-state index in [-0.39, 0.29) is 29.6 Å². The van der Waals surface area contributed by atoms with Gasteiger partial charge in [0.05, 0.1) is 11.5 Å². The van der Waals surface area contributed by atoms with Crippen LogP contribution >= 0.6 is 11.6 Å². The second kappa shape index (κ2) is 9.63. The van der Waals surface area contributed by atoms with Crippen LogP contribution in [0.4, 0.5) is 0 Å². The number of nitrogens with one attached hydrogen (secondary N) is 1. The monoisotopic (exact) mass is 477 g/mol. The maximum atomic E-state index is 13.5. The molecule has 2 saturated heterocycles. The Morgan fingerprint density at radius 1 is 1.12 bits per heavy atom. The van der Waals surface area contributed by atoms with Crippen molar-refractivity contribution in [2.75, 3.05) is 26.2 Å². The molecule has 3 rings (SSSR count). The van der Waals surface area contributed by atoms with Crippen LogP contribution in [0.25, 0.3) is 0 Å². The number of rotatable bonds is 5. The number of hydrogen-bond donors (Lipinski definition) is 2. The Bertz CT molecular complexity index is 901. The summed E-state index contributed by atoms with van der Waals surface area (Å²) >= 11 is 6.02. The molecule has 2 heterocycles. The Morgan fingerprint density at radius 2 is 1.76 bits per heavy atom. The number of carbonyl (C=O) groups is 3. The molecular weight excluding hydrogens is 442 g/mol. The Kier molecular flexibility index (Phi) is 7.44. The Labute approximate surface area is 201 Å². The van der Waals surface area contributed by atoms with Gasteiger partial charge in [-0.25, -0.2) is 0 Å². The summed E-state index contributed by atoms with van der Waals surface area (Å²) in [6.07, 6.45) is 0.998. The van der Waals surface area contributed by atoms with Crippen molar-refractivity contribution in [2.45, 2.75) is 59.1 Å². The largest absolute Gasteiger partial charge is 0.384 e. The summed E-state index contributed by atoms with van der Waals surface area (Å²) in [7, 11) is 0. The molecule has 2 N–H and O–H groups in total. The fourth-order valence-electron chi connectivity index (χ4n) is 5.01. The maximum Gasteiger partial charge on any atom is 0.245 e. The standard InChI is InChI=1S/C25H36ClN3O4/c1-16(2)21(27-22(31)18-10-12-28(14-18)17(3)30)23(32)29-13-11-25(33,24(4,5)15-29)19-6-8-20(26)9-7-19/h6-9,16,18,21,33H,10-15H2,1-5H3,(H,27,31)/t18?,21-,25+/m1/s1. The smallest absolute Gasteiger partial charge is 0.245 e. The van der Waals surface area contributed by atoms with Gasteiger partial charge < -0.3 is 20.2 Å². The lowest BCUT2D eigenvalue weighted by Crippen LogP contribution is -2.60. The fourth-order valence-corrected chi connectivity index (χ4v) is 5.14. The molecule has 3 amide bonds. The third-order valence-electron chi connectivity index (χ3n) is 7.32. The van der Waals surface area contributed by atoms with E-state index in [0.717, 1.165) is 5.56 Å². The zero-order chi connectivity index (χ0) is 24.6. The van der Waals surface area contributed by atoms with Crippen LogP contribution in [0.1, 0.15) is 53.0 Å². The normalized spacial score (nSPS) is 25.8. The minimum atomic E-state index is -1.09. The van der Waals surface area contributed by atoms with E-state index in [1.807, 2.05) is 39.8 Å². The van der Waals surface area contributed by atoms with Crippen molar-refractivity contribution >= 4 is 29.3 Å². The Balaban J connectivity index is 1.70. The number of carbonyl (C=O) groups excluding carboxylic acids is 3. The Morgan fingerprint density at radius 3 is 2.27 bits per heavy atom. The van der Waals surface area contributed by atoms with Gasteiger partial charge in [0.2, 0.25) is 17.7 Å². The third-order valence-corrected chi connectivity index (χ3v) is 7.57. The highest BCUT2D eigenvalue weighted by Gasteiger charge is 2.50. The van der Waals surface area contributed by atoms with E-state index in [1.54, 1.807) is 21.9 Å². The molecular formula is C25H36ClN3O4. The molecule has 1 aromatic carbocycles. The summed E-state index contributed by atoms with van der Waals surface area (Å²) in [5, 5.41) is 15.1. The van der Waals surface area contributed by atoms with Crippen LogP contribution in [0.5, 0.6) is 0 Å². The number of aliphatic hydroxyl groups is 1. The van der Waals surface area contributed by atoms with Gasteiger partial charge in [0.25, 0.3) is 0 Å². The van der Waals surface area contributed by atoms with Crippen LogP contribution in [0.2, 0.25) is 5.02 Å². The molecule has 33 heavy (non-hydrogen) atoms. The SMILES string of the molecule is CC(=O)N1CCC(C(=O)N[C@@H](C(=O)N2CC[C@](O)(c3ccc(Cl)cc3)C(C)(C)C2)C(C)C)C1. The number of nitrogens with zero attached hydrogens (tertiary/aromatic N) is 2. The number of amides is 3. The predicted octanol–water partition coefficient (Wildman–Crippen LogP) is 2.80. The highest BCUT2D eigenvalue weighted by Crippen LogP contribution is 2.46. The van der Waals surface area contributed by atoms with Crippen molar-refractivity contribution in [3.05, 3.63) is 34.9 Å². The first-order valence-corrected chi connectivity index (χ1v) is 12.1. The van der Waals surface area contributed by atoms with Crippen molar-refractivity contribution in [3.8, 4) is 0 Å². The van der Waals surface area contributed by atoms with E-state index in [9.17, 15) is 19.5 Å². The molecule has 0 aliphatic carbocycles. The van der Waals surface area contributed by atoms with Gasteiger partial charge >= 0.3 is 0 Å². The lowest BCUT2D eigenvalue weighted by molar-refractivity contribution is -0.157. The summed E-state index contributed by atoms with van der Waals surface area (Å²) in [4.78, 5) is 41.4. The predicted molar refractivity (Wildman–Crippen MR) is 127 cm³/mol. The molecule has 8 heteroatoms. The summed E-state index contributed by atoms with van der Waals surface area (Å²) in [6, 6.07) is 6.56. The van der Waals surface area contributed by atoms with E-state index in [1.165, 1.54) is 6.92 Å². The van der Waals surface area contributed by atoms with Gasteiger partial charge in [-0.2, -0.15) is 0 Å². The lowest BCUT2D eigenvalue weighted by Gasteiger charge is -2.51. The molecule has 0 bridgehead atoms. The first-order chi connectivity index (χ1) is 15.4. The number of hydrogen-bond acceptors (Lipinski definition) is 4. The topological polar surface area (TPSA) is 90.0 Å². The number of likely N-dealkylation sites (tertiary alicyclic amines) is 2. The van der Waals surface area contributed by atoms with Gasteiger partial charge in [-0.05, 0) is 36.5 Å². The zero-order valence-electron chi connectivity index (χ0n) is 20.2. The lowest BCUT2D eigenvalue weighted by atomic mass is 9.66. The summed E-state index contributed by atoms with van der Waals surface area (Å²) in [5.74, 6) is -0.737. The van der Waals surface area contributed by atoms with E-state index < -0.39 is 17.1 Å². The zero-order valence-corrected chi connectivity index (χ0v) is 21.0. The quantitative estimate of drug-likeness (QED) is 0.682. The second-order valence-corrected chi connectivity index (χ2v) is 10.9. The van der Waals surface area contributed by atoms with Gasteiger partial charge in [0.1, 0.15) is 6.04 Å². The molecule has 1 aromatic rings. The average Bonchev–Trinajstić information content (AvgIpc) is 3.24. The maximum absolute atomic E-state index is 13.5. The summed E-state index contributed by atoms with van der Waals surface area (Å²) < 4.78 is 0. The molecule has 0 radical (unpaired) electrons. The van der Waals surface area contributed by atoms with E-state index in [0.29, 0.717) is 44.0 Å². The van der Waals surface area contributed by atoms with E-state index >= 15 is 0 Å². The molecule has 0 spiro atoms. The van der Waals surface area contributed by atoms with Crippen LogP contribution in [-0.2, 0) is 20.0 Å². The molecule has 0 aromatic heterocycles. The molecule has 1 unspecified atom stereocenters. The fraction of sp³-hybridized carbons (Fsp3) is 0.640. The van der Waals surface area contributed by atoms with E-state index in [2.05, 4.69) is 5.32 Å². The average molecular weight is 478 g/mol. The van der Waals surface area contributed by atoms with Crippen LogP contribution in [0.3, 0.4) is 0 Å². The van der Waals surface area contributed by atoms with Crippen LogP contribution in [-0.4, -0.2) is 64.8 Å². The van der Waals surface area contributed by atoms with Crippen molar-refractivity contribution in [3.63, 3.8) is 0 Å². The minimum absolute atomic E-state index is 0.0366. The van der Waals surface area contributed by atoms with Gasteiger partial charge in [0, 0.05) is 43.5 Å². The van der Waals surface area contributed by atoms with Crippen molar-refractivity contribution in [1.29, 1.82) is 0 Å². The van der Waals surface area contributed by atoms with Crippen LogP contribution in [0.15, 0.2) is 24.3 Å². The van der Waals surface area contributed by atoms with Gasteiger partial charge in [-0.1, -0.05) is 51.4 Å². The molecule has 7 nitrogen and oxygen atoms in total. The third kappa shape index (κ3) is 5.19.